The van der Waals surface area contributed by atoms with Gasteiger partial charge in [0.05, 0.1) is 24.0 Å². The van der Waals surface area contributed by atoms with Crippen molar-refractivity contribution < 1.29 is 14.3 Å². The molecule has 276 valence electrons. The van der Waals surface area contributed by atoms with Crippen LogP contribution in [0.1, 0.15) is 47.8 Å². The van der Waals surface area contributed by atoms with Gasteiger partial charge in [0.15, 0.2) is 0 Å². The highest BCUT2D eigenvalue weighted by atomic mass is 35.5. The van der Waals surface area contributed by atoms with Crippen LogP contribution in [-0.4, -0.2) is 48.0 Å². The topological polar surface area (TPSA) is 91.7 Å². The van der Waals surface area contributed by atoms with Crippen LogP contribution >= 0.6 is 11.6 Å². The molecule has 6 rings (SSSR count). The number of halogens is 1. The smallest absolute Gasteiger partial charge is 0.414 e. The summed E-state index contributed by atoms with van der Waals surface area (Å²) in [5.41, 5.74) is 3.53. The lowest BCUT2D eigenvalue weighted by Crippen LogP contribution is -2.40. The van der Waals surface area contributed by atoms with Crippen LogP contribution in [0, 0.1) is 0 Å². The SMILES string of the molecule is CN(C)c1cc(Cl)ccc1C(=O)Nc1cnn(CCN(C(=O)OC(C)(C)C)c2ccccc2)c1NC(c1ccccc1)(c1ccccc1)c1ccccc1. The van der Waals surface area contributed by atoms with Gasteiger partial charge in [-0.1, -0.05) is 121 Å². The Kier molecular flexibility index (Phi) is 11.4. The fourth-order valence-corrected chi connectivity index (χ4v) is 6.61. The maximum atomic E-state index is 14.1. The molecule has 0 aliphatic carbocycles. The van der Waals surface area contributed by atoms with E-state index in [1.165, 1.54) is 0 Å². The molecule has 0 bridgehead atoms. The van der Waals surface area contributed by atoms with Crippen molar-refractivity contribution in [3.8, 4) is 0 Å². The molecule has 5 aromatic carbocycles. The molecule has 2 amide bonds. The quantitative estimate of drug-likeness (QED) is 0.122. The van der Waals surface area contributed by atoms with Crippen molar-refractivity contribution in [2.24, 2.45) is 0 Å². The van der Waals surface area contributed by atoms with Crippen LogP contribution in [0.2, 0.25) is 5.02 Å². The van der Waals surface area contributed by atoms with E-state index in [1.807, 2.05) is 125 Å². The van der Waals surface area contributed by atoms with Crippen LogP contribution in [0.25, 0.3) is 0 Å². The maximum Gasteiger partial charge on any atom is 0.414 e. The first-order valence-electron chi connectivity index (χ1n) is 17.8. The number of amides is 2. The van der Waals surface area contributed by atoms with Crippen LogP contribution in [0.4, 0.5) is 27.7 Å². The summed E-state index contributed by atoms with van der Waals surface area (Å²) in [6, 6.07) is 45.2. The third kappa shape index (κ3) is 8.43. The van der Waals surface area contributed by atoms with Crippen molar-refractivity contribution in [1.82, 2.24) is 9.78 Å². The molecule has 54 heavy (non-hydrogen) atoms. The predicted molar refractivity (Wildman–Crippen MR) is 219 cm³/mol. The lowest BCUT2D eigenvalue weighted by atomic mass is 9.77. The number of nitrogens with one attached hydrogen (secondary N) is 2. The number of aromatic nitrogens is 2. The summed E-state index contributed by atoms with van der Waals surface area (Å²) in [7, 11) is 3.73. The number of carbonyl (C=O) groups is 2. The maximum absolute atomic E-state index is 14.1. The van der Waals surface area contributed by atoms with Gasteiger partial charge in [0.1, 0.15) is 22.6 Å². The van der Waals surface area contributed by atoms with E-state index in [1.54, 1.807) is 34.0 Å². The first-order valence-corrected chi connectivity index (χ1v) is 18.2. The largest absolute Gasteiger partial charge is 0.443 e. The van der Waals surface area contributed by atoms with Gasteiger partial charge in [-0.2, -0.15) is 5.10 Å². The number of para-hydroxylation sites is 1. The zero-order valence-corrected chi connectivity index (χ0v) is 31.9. The molecule has 0 saturated heterocycles. The molecule has 2 N–H and O–H groups in total. The molecule has 0 radical (unpaired) electrons. The second-order valence-corrected chi connectivity index (χ2v) is 14.5. The Hall–Kier alpha value is -6.06. The minimum absolute atomic E-state index is 0.222. The number of benzene rings is 5. The second-order valence-electron chi connectivity index (χ2n) is 14.1. The Bertz CT molecular complexity index is 2070. The third-order valence-electron chi connectivity index (χ3n) is 8.92. The van der Waals surface area contributed by atoms with Gasteiger partial charge in [-0.15, -0.1) is 0 Å². The number of hydrogen-bond acceptors (Lipinski definition) is 6. The van der Waals surface area contributed by atoms with Crippen molar-refractivity contribution in [2.45, 2.75) is 38.5 Å². The van der Waals surface area contributed by atoms with Crippen LogP contribution < -0.4 is 20.4 Å². The number of anilines is 4. The third-order valence-corrected chi connectivity index (χ3v) is 9.15. The summed E-state index contributed by atoms with van der Waals surface area (Å²) in [4.78, 5) is 31.3. The van der Waals surface area contributed by atoms with Crippen LogP contribution in [0.3, 0.4) is 0 Å². The number of rotatable bonds is 12. The first kappa shape index (κ1) is 37.7. The fraction of sp³-hybridized carbons (Fsp3) is 0.205. The van der Waals surface area contributed by atoms with Crippen molar-refractivity contribution in [3.05, 3.63) is 173 Å². The molecule has 0 unspecified atom stereocenters. The molecule has 0 fully saturated rings. The Labute approximate surface area is 322 Å². The van der Waals surface area contributed by atoms with E-state index in [9.17, 15) is 9.59 Å². The zero-order valence-electron chi connectivity index (χ0n) is 31.2. The van der Waals surface area contributed by atoms with E-state index in [2.05, 4.69) is 47.0 Å². The number of hydrogen-bond donors (Lipinski definition) is 2. The Morgan fingerprint density at radius 1 is 0.759 bits per heavy atom. The number of ether oxygens (including phenoxy) is 1. The second kappa shape index (κ2) is 16.3. The predicted octanol–water partition coefficient (Wildman–Crippen LogP) is 9.70. The van der Waals surface area contributed by atoms with Gasteiger partial charge in [-0.3, -0.25) is 9.69 Å². The molecule has 10 heteroatoms. The van der Waals surface area contributed by atoms with E-state index in [-0.39, 0.29) is 19.0 Å². The van der Waals surface area contributed by atoms with Crippen LogP contribution in [0.15, 0.2) is 146 Å². The molecular formula is C44H45ClN6O3. The van der Waals surface area contributed by atoms with Gasteiger partial charge in [-0.25, -0.2) is 9.48 Å². The van der Waals surface area contributed by atoms with Gasteiger partial charge in [0, 0.05) is 31.4 Å². The summed E-state index contributed by atoms with van der Waals surface area (Å²) < 4.78 is 7.63. The standard InChI is InChI=1S/C44H45ClN6O3/c1-43(2,3)54-42(53)50(36-24-16-9-17-25-36)28-29-51-40(38(31-46-51)47-41(52)37-27-26-35(45)30-39(37)49(4)5)48-44(32-18-10-6-11-19-32,33-20-12-7-13-21-33)34-22-14-8-15-23-34/h6-27,30-31,48H,28-29H2,1-5H3,(H,47,52). The van der Waals surface area contributed by atoms with Crippen molar-refractivity contribution in [1.29, 1.82) is 0 Å². The van der Waals surface area contributed by atoms with E-state index in [4.69, 9.17) is 21.4 Å². The lowest BCUT2D eigenvalue weighted by Gasteiger charge is -2.38. The minimum Gasteiger partial charge on any atom is -0.443 e. The van der Waals surface area contributed by atoms with Crippen LogP contribution in [-0.2, 0) is 16.8 Å². The molecule has 0 atom stereocenters. The molecular weight excluding hydrogens is 696 g/mol. The molecule has 0 aliphatic rings. The summed E-state index contributed by atoms with van der Waals surface area (Å²) in [6.07, 6.45) is 1.16. The van der Waals surface area contributed by atoms with Crippen molar-refractivity contribution >= 4 is 46.5 Å². The Morgan fingerprint density at radius 2 is 1.28 bits per heavy atom. The lowest BCUT2D eigenvalue weighted by molar-refractivity contribution is 0.0578. The summed E-state index contributed by atoms with van der Waals surface area (Å²) in [6.45, 7) is 6.01. The molecule has 0 aliphatic heterocycles. The van der Waals surface area contributed by atoms with Gasteiger partial charge < -0.3 is 20.3 Å². The normalized spacial score (nSPS) is 11.4. The molecule has 1 heterocycles. The van der Waals surface area contributed by atoms with Crippen molar-refractivity contribution in [3.63, 3.8) is 0 Å². The van der Waals surface area contributed by atoms with E-state index in [0.717, 1.165) is 16.7 Å². The van der Waals surface area contributed by atoms with Gasteiger partial charge in [-0.05, 0) is 67.8 Å². The number of carbonyl (C=O) groups excluding carboxylic acids is 2. The van der Waals surface area contributed by atoms with Crippen molar-refractivity contribution in [2.75, 3.05) is 41.1 Å². The van der Waals surface area contributed by atoms with Gasteiger partial charge in [0.2, 0.25) is 0 Å². The Balaban J connectivity index is 1.50. The highest BCUT2D eigenvalue weighted by Crippen LogP contribution is 2.42. The Morgan fingerprint density at radius 3 is 1.78 bits per heavy atom. The molecule has 1 aromatic heterocycles. The molecule has 0 saturated carbocycles. The number of nitrogens with zero attached hydrogens (tertiary/aromatic N) is 4. The first-order chi connectivity index (χ1) is 26.0. The molecule has 0 spiro atoms. The minimum atomic E-state index is -0.944. The zero-order chi connectivity index (χ0) is 38.3. The van der Waals surface area contributed by atoms with E-state index in [0.29, 0.717) is 33.5 Å². The molecule has 9 nitrogen and oxygen atoms in total. The average Bonchev–Trinajstić information content (AvgIpc) is 3.54. The monoisotopic (exact) mass is 740 g/mol. The van der Waals surface area contributed by atoms with E-state index < -0.39 is 17.2 Å². The average molecular weight is 741 g/mol. The van der Waals surface area contributed by atoms with Gasteiger partial charge in [0.25, 0.3) is 5.91 Å². The fourth-order valence-electron chi connectivity index (χ4n) is 6.44. The highest BCUT2D eigenvalue weighted by molar-refractivity contribution is 6.31. The highest BCUT2D eigenvalue weighted by Gasteiger charge is 2.38. The van der Waals surface area contributed by atoms with Crippen LogP contribution in [0.5, 0.6) is 0 Å². The molecule has 6 aromatic rings. The van der Waals surface area contributed by atoms with Gasteiger partial charge >= 0.3 is 6.09 Å². The summed E-state index contributed by atoms with van der Waals surface area (Å²) in [5.74, 6) is 0.208. The summed E-state index contributed by atoms with van der Waals surface area (Å²) in [5, 5.41) is 12.4. The summed E-state index contributed by atoms with van der Waals surface area (Å²) >= 11 is 6.35. The van der Waals surface area contributed by atoms with E-state index >= 15 is 0 Å².